The lowest BCUT2D eigenvalue weighted by Crippen LogP contribution is -1.94. The van der Waals surface area contributed by atoms with Crippen LogP contribution in [-0.4, -0.2) is 7.11 Å². The van der Waals surface area contributed by atoms with Crippen LogP contribution in [-0.2, 0) is 6.42 Å². The first-order chi connectivity index (χ1) is 9.17. The summed E-state index contributed by atoms with van der Waals surface area (Å²) < 4.78 is 11.0. The molecule has 100 valence electrons. The van der Waals surface area contributed by atoms with Crippen molar-refractivity contribution in [3.05, 3.63) is 54.1 Å². The predicted octanol–water partition coefficient (Wildman–Crippen LogP) is 4.69. The molecule has 0 saturated carbocycles. The van der Waals surface area contributed by atoms with E-state index in [9.17, 15) is 0 Å². The zero-order chi connectivity index (χ0) is 13.7. The maximum atomic E-state index is 5.84. The second-order valence-electron chi connectivity index (χ2n) is 5.02. The van der Waals surface area contributed by atoms with Gasteiger partial charge in [-0.2, -0.15) is 0 Å². The summed E-state index contributed by atoms with van der Waals surface area (Å²) in [7, 11) is 1.66. The van der Waals surface area contributed by atoms with Crippen molar-refractivity contribution in [1.82, 2.24) is 0 Å². The van der Waals surface area contributed by atoms with Crippen molar-refractivity contribution >= 4 is 0 Å². The van der Waals surface area contributed by atoms with Crippen LogP contribution in [0.3, 0.4) is 0 Å². The van der Waals surface area contributed by atoms with Crippen molar-refractivity contribution in [2.75, 3.05) is 7.11 Å². The van der Waals surface area contributed by atoms with Gasteiger partial charge in [0.2, 0.25) is 0 Å². The maximum Gasteiger partial charge on any atom is 0.127 e. The zero-order valence-electron chi connectivity index (χ0n) is 11.7. The topological polar surface area (TPSA) is 18.5 Å². The molecule has 0 N–H and O–H groups in total. The molecule has 0 saturated heterocycles. The summed E-state index contributed by atoms with van der Waals surface area (Å²) in [6.45, 7) is 4.44. The number of rotatable bonds is 5. The molecule has 2 nitrogen and oxygen atoms in total. The molecule has 0 spiro atoms. The SMILES string of the molecule is COc1ccc(Oc2cccc(CC(C)C)c2)cc1. The largest absolute Gasteiger partial charge is 0.497 e. The van der Waals surface area contributed by atoms with Gasteiger partial charge in [0, 0.05) is 0 Å². The second-order valence-corrected chi connectivity index (χ2v) is 5.02. The van der Waals surface area contributed by atoms with E-state index in [1.54, 1.807) is 7.11 Å². The third kappa shape index (κ3) is 4.02. The summed E-state index contributed by atoms with van der Waals surface area (Å²) >= 11 is 0. The standard InChI is InChI=1S/C17H20O2/c1-13(2)11-14-5-4-6-17(12-14)19-16-9-7-15(18-3)8-10-16/h4-10,12-13H,11H2,1-3H3. The number of hydrogen-bond acceptors (Lipinski definition) is 2. The number of ether oxygens (including phenoxy) is 2. The van der Waals surface area contributed by atoms with E-state index >= 15 is 0 Å². The fourth-order valence-corrected chi connectivity index (χ4v) is 1.99. The number of benzene rings is 2. The molecule has 2 aromatic rings. The van der Waals surface area contributed by atoms with Crippen molar-refractivity contribution in [2.24, 2.45) is 5.92 Å². The molecule has 2 aromatic carbocycles. The third-order valence-electron chi connectivity index (χ3n) is 2.84. The summed E-state index contributed by atoms with van der Waals surface area (Å²) in [6.07, 6.45) is 1.07. The van der Waals surface area contributed by atoms with E-state index in [-0.39, 0.29) is 0 Å². The monoisotopic (exact) mass is 256 g/mol. The van der Waals surface area contributed by atoms with Crippen molar-refractivity contribution in [2.45, 2.75) is 20.3 Å². The van der Waals surface area contributed by atoms with Gasteiger partial charge < -0.3 is 9.47 Å². The highest BCUT2D eigenvalue weighted by Gasteiger charge is 2.02. The summed E-state index contributed by atoms with van der Waals surface area (Å²) in [4.78, 5) is 0. The number of hydrogen-bond donors (Lipinski definition) is 0. The van der Waals surface area contributed by atoms with Crippen LogP contribution in [0.2, 0.25) is 0 Å². The van der Waals surface area contributed by atoms with Gasteiger partial charge in [-0.25, -0.2) is 0 Å². The minimum Gasteiger partial charge on any atom is -0.497 e. The summed E-state index contributed by atoms with van der Waals surface area (Å²) in [5.41, 5.74) is 1.31. The molecule has 0 aliphatic heterocycles. The molecule has 0 radical (unpaired) electrons. The summed E-state index contributed by atoms with van der Waals surface area (Å²) in [6, 6.07) is 15.9. The maximum absolute atomic E-state index is 5.84. The third-order valence-corrected chi connectivity index (χ3v) is 2.84. The van der Waals surface area contributed by atoms with Crippen LogP contribution in [0.1, 0.15) is 19.4 Å². The Hall–Kier alpha value is -1.96. The molecular weight excluding hydrogens is 236 g/mol. The van der Waals surface area contributed by atoms with Gasteiger partial charge in [-0.3, -0.25) is 0 Å². The molecule has 0 heterocycles. The molecule has 0 bridgehead atoms. The normalized spacial score (nSPS) is 10.5. The highest BCUT2D eigenvalue weighted by Crippen LogP contribution is 2.25. The average Bonchev–Trinajstić information content (AvgIpc) is 2.39. The summed E-state index contributed by atoms with van der Waals surface area (Å²) in [5, 5.41) is 0. The highest BCUT2D eigenvalue weighted by molar-refractivity contribution is 5.36. The molecule has 0 aliphatic rings. The average molecular weight is 256 g/mol. The van der Waals surface area contributed by atoms with Gasteiger partial charge in [0.15, 0.2) is 0 Å². The lowest BCUT2D eigenvalue weighted by Gasteiger charge is -2.09. The quantitative estimate of drug-likeness (QED) is 0.773. The van der Waals surface area contributed by atoms with Crippen LogP contribution in [0.15, 0.2) is 48.5 Å². The van der Waals surface area contributed by atoms with Crippen LogP contribution in [0.5, 0.6) is 17.2 Å². The molecular formula is C17H20O2. The van der Waals surface area contributed by atoms with Crippen LogP contribution in [0.25, 0.3) is 0 Å². The van der Waals surface area contributed by atoms with E-state index in [0.717, 1.165) is 23.7 Å². The summed E-state index contributed by atoms with van der Waals surface area (Å²) in [5.74, 6) is 3.18. The van der Waals surface area contributed by atoms with Crippen molar-refractivity contribution < 1.29 is 9.47 Å². The van der Waals surface area contributed by atoms with E-state index in [0.29, 0.717) is 5.92 Å². The van der Waals surface area contributed by atoms with Gasteiger partial charge in [-0.15, -0.1) is 0 Å². The van der Waals surface area contributed by atoms with E-state index in [4.69, 9.17) is 9.47 Å². The van der Waals surface area contributed by atoms with Gasteiger partial charge in [0.05, 0.1) is 7.11 Å². The van der Waals surface area contributed by atoms with Crippen LogP contribution in [0, 0.1) is 5.92 Å². The second kappa shape index (κ2) is 6.28. The minimum atomic E-state index is 0.649. The molecule has 0 amide bonds. The van der Waals surface area contributed by atoms with Crippen LogP contribution in [0.4, 0.5) is 0 Å². The van der Waals surface area contributed by atoms with Crippen molar-refractivity contribution in [3.8, 4) is 17.2 Å². The van der Waals surface area contributed by atoms with E-state index in [2.05, 4.69) is 26.0 Å². The molecule has 2 heteroatoms. The molecule has 19 heavy (non-hydrogen) atoms. The Bertz CT molecular complexity index is 515. The van der Waals surface area contributed by atoms with Crippen molar-refractivity contribution in [3.63, 3.8) is 0 Å². The Morgan fingerprint density at radius 1 is 0.895 bits per heavy atom. The van der Waals surface area contributed by atoms with Crippen LogP contribution >= 0.6 is 0 Å². The fraction of sp³-hybridized carbons (Fsp3) is 0.294. The first kappa shape index (κ1) is 13.5. The fourth-order valence-electron chi connectivity index (χ4n) is 1.99. The smallest absolute Gasteiger partial charge is 0.127 e. The van der Waals surface area contributed by atoms with E-state index < -0.39 is 0 Å². The van der Waals surface area contributed by atoms with Gasteiger partial charge in [0.1, 0.15) is 17.2 Å². The van der Waals surface area contributed by atoms with Gasteiger partial charge in [-0.1, -0.05) is 26.0 Å². The predicted molar refractivity (Wildman–Crippen MR) is 78.1 cm³/mol. The van der Waals surface area contributed by atoms with E-state index in [1.165, 1.54) is 5.56 Å². The van der Waals surface area contributed by atoms with Gasteiger partial charge in [0.25, 0.3) is 0 Å². The first-order valence-electron chi connectivity index (χ1n) is 6.58. The van der Waals surface area contributed by atoms with Gasteiger partial charge >= 0.3 is 0 Å². The minimum absolute atomic E-state index is 0.649. The first-order valence-corrected chi connectivity index (χ1v) is 6.58. The lowest BCUT2D eigenvalue weighted by atomic mass is 10.0. The lowest BCUT2D eigenvalue weighted by molar-refractivity contribution is 0.413. The van der Waals surface area contributed by atoms with Crippen molar-refractivity contribution in [1.29, 1.82) is 0 Å². The Morgan fingerprint density at radius 2 is 1.58 bits per heavy atom. The Morgan fingerprint density at radius 3 is 2.21 bits per heavy atom. The van der Waals surface area contributed by atoms with Gasteiger partial charge in [-0.05, 0) is 54.3 Å². The molecule has 0 aromatic heterocycles. The molecule has 0 atom stereocenters. The Kier molecular flexibility index (Phi) is 4.45. The molecule has 0 aliphatic carbocycles. The van der Waals surface area contributed by atoms with Crippen LogP contribution < -0.4 is 9.47 Å². The number of methoxy groups -OCH3 is 1. The molecule has 2 rings (SSSR count). The van der Waals surface area contributed by atoms with E-state index in [1.807, 2.05) is 36.4 Å². The highest BCUT2D eigenvalue weighted by atomic mass is 16.5. The Balaban J connectivity index is 2.09. The zero-order valence-corrected chi connectivity index (χ0v) is 11.7. The Labute approximate surface area is 115 Å². The molecule has 0 unspecified atom stereocenters. The molecule has 0 fully saturated rings.